The topological polar surface area (TPSA) is 280 Å². The van der Waals surface area contributed by atoms with Gasteiger partial charge in [0.05, 0.1) is 75.3 Å². The number of rotatable bonds is 9. The number of amides is 1. The van der Waals surface area contributed by atoms with Crippen molar-refractivity contribution in [1.82, 2.24) is 15.4 Å². The van der Waals surface area contributed by atoms with Crippen LogP contribution in [0.15, 0.2) is 78.5 Å². The molecule has 84 heavy (non-hydrogen) atoms. The largest absolute Gasteiger partial charge is 0.471 e. The summed E-state index contributed by atoms with van der Waals surface area (Å²) in [5, 5.41) is 72.2. The third-order valence-corrected chi connectivity index (χ3v) is 24.0. The molecule has 1 amide bonds. The number of carbonyl (C=O) groups is 1. The molecule has 4 heterocycles. The number of aliphatic hydroxyl groups is 6. The molecule has 10 aliphatic rings. The van der Waals surface area contributed by atoms with Crippen LogP contribution in [-0.4, -0.2) is 153 Å². The lowest BCUT2D eigenvalue weighted by Crippen LogP contribution is -2.65. The Hall–Kier alpha value is -3.88. The quantitative estimate of drug-likeness (QED) is 0.112. The number of hydrogen-bond donors (Lipinski definition) is 8. The molecule has 0 bridgehead atoms. The number of carbonyl (C=O) groups excluding carboxylic acids is 1. The van der Waals surface area contributed by atoms with Gasteiger partial charge in [-0.25, -0.2) is 9.59 Å². The van der Waals surface area contributed by atoms with Gasteiger partial charge in [0.25, 0.3) is 0 Å². The predicted molar refractivity (Wildman–Crippen MR) is 297 cm³/mol. The molecule has 6 unspecified atom stereocenters. The number of hydrogen-bond acceptors (Lipinski definition) is 18. The van der Waals surface area contributed by atoms with Crippen molar-refractivity contribution in [2.24, 2.45) is 51.1 Å². The number of fused-ring (bicyclic) bond motifs is 10. The Morgan fingerprint density at radius 3 is 1.46 bits per heavy atom. The lowest BCUT2D eigenvalue weighted by Gasteiger charge is -2.62. The fourth-order valence-electron chi connectivity index (χ4n) is 19.3. The Kier molecular flexibility index (Phi) is 16.6. The van der Waals surface area contributed by atoms with Crippen molar-refractivity contribution in [3.63, 3.8) is 0 Å². The number of ether oxygens (including phenoxy) is 2. The number of nitrogens with one attached hydrogen (secondary N) is 1. The Morgan fingerprint density at radius 1 is 0.607 bits per heavy atom. The highest BCUT2D eigenvalue weighted by atomic mass is 19.4. The van der Waals surface area contributed by atoms with Gasteiger partial charge in [0.1, 0.15) is 24.4 Å². The number of halogens is 3. The third kappa shape index (κ3) is 9.95. The molecule has 12 rings (SSSR count). The molecule has 19 nitrogen and oxygen atoms in total. The first-order valence-corrected chi connectivity index (χ1v) is 30.5. The van der Waals surface area contributed by atoms with E-state index in [9.17, 15) is 58.2 Å². The summed E-state index contributed by atoms with van der Waals surface area (Å²) in [4.78, 5) is 45.9. The molecule has 9 N–H and O–H groups in total. The standard InChI is InChI=1S/C32H43F3N2O8.C30H44N2O7/c1-29-11-8-19(37(43-3)27-26(40)25(39)23(16-45-27)36-28(41)32(33,34)35)14-18(29)5-6-22-21(29)9-12-30(2)20(10-13-31(22,30)42)17-4-7-24(38)44-15-17;1-28-11-8-19(32(37-3)27-26(35)25(34)23(31)16-39-27)14-18(28)5-6-22-21(28)9-12-29(2)20(10-13-30(22,29)36)17-4-7-24(33)38-15-17/h4,7,14-15,19-23,25-27,39-40,42H,5-6,8-13,16H2,1-3H3,(H,36,41);4,7,14-15,19-23,25-27,34-36H,5-6,8-13,16,31H2,1-3H3/t19-,20+,21?,22?,23-,25-,26-,27?,29-,30+,31-;19-,20+,21?,22?,23-,25-,26-,27?,28-,29+,30-/m00/s1. The van der Waals surface area contributed by atoms with E-state index in [4.69, 9.17) is 33.7 Å². The van der Waals surface area contributed by atoms with Crippen LogP contribution in [-0.2, 0) is 23.9 Å². The number of aliphatic hydroxyl groups excluding tert-OH is 4. The van der Waals surface area contributed by atoms with Crippen molar-refractivity contribution in [3.05, 3.63) is 92.1 Å². The van der Waals surface area contributed by atoms with Gasteiger partial charge in [-0.3, -0.25) is 14.5 Å². The van der Waals surface area contributed by atoms with Crippen LogP contribution in [0.1, 0.15) is 153 Å². The Balaban J connectivity index is 0.000000177. The summed E-state index contributed by atoms with van der Waals surface area (Å²) in [6.07, 6.45) is 8.51. The van der Waals surface area contributed by atoms with Crippen molar-refractivity contribution in [2.45, 2.75) is 221 Å². The van der Waals surface area contributed by atoms with Gasteiger partial charge in [-0.05, 0) is 172 Å². The van der Waals surface area contributed by atoms with E-state index in [2.05, 4.69) is 39.8 Å². The van der Waals surface area contributed by atoms with Crippen LogP contribution in [0.3, 0.4) is 0 Å². The molecule has 8 fully saturated rings. The van der Waals surface area contributed by atoms with Crippen molar-refractivity contribution in [3.8, 4) is 0 Å². The highest BCUT2D eigenvalue weighted by molar-refractivity contribution is 5.82. The monoisotopic (exact) mass is 1180 g/mol. The van der Waals surface area contributed by atoms with Gasteiger partial charge in [0, 0.05) is 23.0 Å². The van der Waals surface area contributed by atoms with E-state index in [1.54, 1.807) is 30.0 Å². The molecule has 8 aliphatic carbocycles. The fraction of sp³-hybridized carbons (Fsp3) is 0.758. The first-order chi connectivity index (χ1) is 39.7. The van der Waals surface area contributed by atoms with Crippen LogP contribution in [0.2, 0.25) is 0 Å². The summed E-state index contributed by atoms with van der Waals surface area (Å²) in [7, 11) is 2.99. The number of nitrogens with zero attached hydrogens (tertiary/aromatic N) is 2. The molecule has 6 saturated carbocycles. The lowest BCUT2D eigenvalue weighted by atomic mass is 9.45. The van der Waals surface area contributed by atoms with E-state index in [0.717, 1.165) is 101 Å². The minimum absolute atomic E-state index is 0.0125. The molecular formula is C62H87F3N4O15. The van der Waals surface area contributed by atoms with Gasteiger partial charge in [0.2, 0.25) is 0 Å². The van der Waals surface area contributed by atoms with E-state index in [0.29, 0.717) is 18.8 Å². The third-order valence-electron chi connectivity index (χ3n) is 24.0. The second-order valence-corrected chi connectivity index (χ2v) is 27.4. The molecule has 0 spiro atoms. The van der Waals surface area contributed by atoms with Gasteiger partial charge in [-0.15, -0.1) is 0 Å². The lowest BCUT2D eigenvalue weighted by molar-refractivity contribution is -0.306. The van der Waals surface area contributed by atoms with Gasteiger partial charge in [0.15, 0.2) is 12.5 Å². The van der Waals surface area contributed by atoms with Crippen LogP contribution in [0, 0.1) is 45.3 Å². The maximum absolute atomic E-state index is 12.7. The smallest absolute Gasteiger partial charge is 0.431 e. The van der Waals surface area contributed by atoms with E-state index >= 15 is 0 Å². The molecule has 0 radical (unpaired) electrons. The van der Waals surface area contributed by atoms with Gasteiger partial charge in [-0.1, -0.05) is 51.0 Å². The maximum Gasteiger partial charge on any atom is 0.471 e. The Morgan fingerprint density at radius 2 is 1.05 bits per heavy atom. The minimum Gasteiger partial charge on any atom is -0.431 e. The Labute approximate surface area is 487 Å². The zero-order valence-corrected chi connectivity index (χ0v) is 49.0. The van der Waals surface area contributed by atoms with E-state index < -0.39 is 78.8 Å². The summed E-state index contributed by atoms with van der Waals surface area (Å²) < 4.78 is 60.2. The molecule has 466 valence electrons. The summed E-state index contributed by atoms with van der Waals surface area (Å²) in [6.45, 7) is 8.81. The molecule has 2 aromatic heterocycles. The van der Waals surface area contributed by atoms with Gasteiger partial charge >= 0.3 is 23.3 Å². The zero-order valence-electron chi connectivity index (χ0n) is 49.0. The maximum atomic E-state index is 12.7. The molecule has 2 saturated heterocycles. The number of allylic oxidation sites excluding steroid dienone is 2. The minimum atomic E-state index is -5.13. The van der Waals surface area contributed by atoms with E-state index in [1.165, 1.54) is 35.5 Å². The highest BCUT2D eigenvalue weighted by Crippen LogP contribution is 2.72. The zero-order chi connectivity index (χ0) is 60.3. The average molecular weight is 1190 g/mol. The van der Waals surface area contributed by atoms with Crippen LogP contribution in [0.5, 0.6) is 0 Å². The first-order valence-electron chi connectivity index (χ1n) is 30.5. The summed E-state index contributed by atoms with van der Waals surface area (Å²) in [6, 6.07) is 4.17. The second kappa shape index (κ2) is 22.6. The number of alkyl halides is 3. The summed E-state index contributed by atoms with van der Waals surface area (Å²) in [5.41, 5.74) is 7.39. The Bertz CT molecular complexity index is 2900. The number of hydroxylamine groups is 4. The number of nitrogens with two attached hydrogens (primary N) is 1. The molecular weight excluding hydrogens is 1100 g/mol. The summed E-state index contributed by atoms with van der Waals surface area (Å²) >= 11 is 0. The highest BCUT2D eigenvalue weighted by Gasteiger charge is 2.69. The normalized spacial score (nSPS) is 45.3. The SMILES string of the molecule is CON(C1OC[C@H](N)[C@H](O)[C@@H]1O)[C@@H]1C=C2CCC3C(CC[C@]4(C)[C@@H](c5ccc(=O)oc5)CC[C@]34O)[C@@]2(C)CC1.CON(C1OC[C@H](NC(=O)C(F)(F)F)[C@H](O)[C@@H]1O)[C@@H]1C=C2CCC3C(CC[C@]4(C)[C@@H](c5ccc(=O)oc5)CC[C@]34O)[C@@]2(C)CC1. The van der Waals surface area contributed by atoms with Crippen molar-refractivity contribution in [1.29, 1.82) is 0 Å². The van der Waals surface area contributed by atoms with Crippen molar-refractivity contribution in [2.75, 3.05) is 27.4 Å². The van der Waals surface area contributed by atoms with Gasteiger partial charge in [-0.2, -0.15) is 23.3 Å². The van der Waals surface area contributed by atoms with E-state index in [-0.39, 0.29) is 81.2 Å². The van der Waals surface area contributed by atoms with Crippen LogP contribution >= 0.6 is 0 Å². The van der Waals surface area contributed by atoms with Crippen LogP contribution < -0.4 is 22.3 Å². The van der Waals surface area contributed by atoms with E-state index in [1.807, 2.05) is 12.1 Å². The first kappa shape index (κ1) is 61.8. The van der Waals surface area contributed by atoms with Gasteiger partial charge < -0.3 is 60.0 Å². The average Bonchev–Trinajstić information content (AvgIpc) is 1.38. The van der Waals surface area contributed by atoms with Crippen molar-refractivity contribution >= 4 is 5.91 Å². The summed E-state index contributed by atoms with van der Waals surface area (Å²) in [5.74, 6) is -0.972. The molecule has 0 aromatic carbocycles. The predicted octanol–water partition coefficient (Wildman–Crippen LogP) is 5.60. The fourth-order valence-corrected chi connectivity index (χ4v) is 19.3. The van der Waals surface area contributed by atoms with Crippen LogP contribution in [0.4, 0.5) is 13.2 Å². The van der Waals surface area contributed by atoms with Crippen LogP contribution in [0.25, 0.3) is 0 Å². The molecule has 2 aromatic rings. The molecule has 22 atom stereocenters. The second-order valence-electron chi connectivity index (χ2n) is 27.4. The van der Waals surface area contributed by atoms with Crippen molar-refractivity contribution < 1.29 is 76.6 Å². The molecule has 22 heteroatoms. The molecule has 2 aliphatic heterocycles.